The van der Waals surface area contributed by atoms with E-state index in [-0.39, 0.29) is 5.82 Å². The van der Waals surface area contributed by atoms with Crippen LogP contribution in [-0.4, -0.2) is 9.78 Å². The van der Waals surface area contributed by atoms with E-state index >= 15 is 0 Å². The zero-order valence-corrected chi connectivity index (χ0v) is 12.2. The molecule has 4 heteroatoms. The molecule has 0 radical (unpaired) electrons. The van der Waals surface area contributed by atoms with Crippen molar-refractivity contribution in [1.29, 1.82) is 0 Å². The molecule has 2 aromatic rings. The molecule has 0 saturated carbocycles. The van der Waals surface area contributed by atoms with Gasteiger partial charge in [0.2, 0.25) is 0 Å². The van der Waals surface area contributed by atoms with E-state index in [4.69, 9.17) is 0 Å². The number of halogens is 2. The summed E-state index contributed by atoms with van der Waals surface area (Å²) >= 11 is 3.35. The average molecular weight is 311 g/mol. The van der Waals surface area contributed by atoms with E-state index in [1.54, 1.807) is 6.07 Å². The number of benzene rings is 1. The maximum absolute atomic E-state index is 13.8. The molecule has 0 aliphatic heterocycles. The van der Waals surface area contributed by atoms with Crippen LogP contribution < -0.4 is 0 Å². The molecule has 0 atom stereocenters. The molecular weight excluding hydrogens is 295 g/mol. The van der Waals surface area contributed by atoms with Gasteiger partial charge in [-0.05, 0) is 31.0 Å². The molecule has 1 aromatic heterocycles. The van der Waals surface area contributed by atoms with Gasteiger partial charge in [0.15, 0.2) is 0 Å². The summed E-state index contributed by atoms with van der Waals surface area (Å²) in [7, 11) is 0. The highest BCUT2D eigenvalue weighted by molar-refractivity contribution is 9.08. The molecule has 0 fully saturated rings. The summed E-state index contributed by atoms with van der Waals surface area (Å²) in [5.74, 6) is -0.194. The fourth-order valence-corrected chi connectivity index (χ4v) is 2.54. The fourth-order valence-electron chi connectivity index (χ4n) is 1.99. The first-order chi connectivity index (χ1) is 8.71. The van der Waals surface area contributed by atoms with Crippen LogP contribution in [-0.2, 0) is 18.2 Å². The Morgan fingerprint density at radius 1 is 1.28 bits per heavy atom. The first kappa shape index (κ1) is 13.3. The molecule has 0 bridgehead atoms. The van der Waals surface area contributed by atoms with E-state index in [0.29, 0.717) is 10.9 Å². The first-order valence-electron chi connectivity index (χ1n) is 6.12. The lowest BCUT2D eigenvalue weighted by Gasteiger charge is -2.11. The Labute approximate surface area is 115 Å². The third-order valence-electron chi connectivity index (χ3n) is 3.01. The van der Waals surface area contributed by atoms with Crippen LogP contribution in [0, 0.1) is 5.82 Å². The van der Waals surface area contributed by atoms with Crippen molar-refractivity contribution in [3.8, 4) is 5.69 Å². The average Bonchev–Trinajstić information content (AvgIpc) is 2.81. The quantitative estimate of drug-likeness (QED) is 0.780. The van der Waals surface area contributed by atoms with Gasteiger partial charge in [-0.3, -0.25) is 0 Å². The van der Waals surface area contributed by atoms with Gasteiger partial charge >= 0.3 is 0 Å². The van der Waals surface area contributed by atoms with Crippen LogP contribution in [0.25, 0.3) is 5.69 Å². The van der Waals surface area contributed by atoms with Gasteiger partial charge in [-0.2, -0.15) is 5.10 Å². The molecule has 0 aliphatic rings. The van der Waals surface area contributed by atoms with E-state index in [0.717, 1.165) is 29.9 Å². The molecule has 2 rings (SSSR count). The lowest BCUT2D eigenvalue weighted by Crippen LogP contribution is -2.06. The summed E-state index contributed by atoms with van der Waals surface area (Å²) in [5.41, 5.74) is 3.62. The summed E-state index contributed by atoms with van der Waals surface area (Å²) in [6.45, 7) is 4.16. The van der Waals surface area contributed by atoms with Crippen molar-refractivity contribution < 1.29 is 4.39 Å². The molecule has 2 nitrogen and oxygen atoms in total. The maximum Gasteiger partial charge on any atom is 0.129 e. The molecule has 96 valence electrons. The maximum atomic E-state index is 13.8. The van der Waals surface area contributed by atoms with E-state index in [1.807, 2.05) is 10.7 Å². The Morgan fingerprint density at radius 3 is 2.67 bits per heavy atom. The van der Waals surface area contributed by atoms with Crippen molar-refractivity contribution in [3.05, 3.63) is 47.0 Å². The number of rotatable bonds is 4. The van der Waals surface area contributed by atoms with Gasteiger partial charge in [0.25, 0.3) is 0 Å². The zero-order chi connectivity index (χ0) is 13.1. The third kappa shape index (κ3) is 2.34. The van der Waals surface area contributed by atoms with E-state index in [1.165, 1.54) is 6.07 Å². The van der Waals surface area contributed by atoms with E-state index in [9.17, 15) is 4.39 Å². The van der Waals surface area contributed by atoms with Crippen molar-refractivity contribution in [2.75, 3.05) is 0 Å². The van der Waals surface area contributed by atoms with E-state index < -0.39 is 0 Å². The topological polar surface area (TPSA) is 17.8 Å². The van der Waals surface area contributed by atoms with Gasteiger partial charge in [-0.1, -0.05) is 35.8 Å². The fraction of sp³-hybridized carbons (Fsp3) is 0.357. The Kier molecular flexibility index (Phi) is 4.17. The van der Waals surface area contributed by atoms with Gasteiger partial charge in [0.05, 0.1) is 11.4 Å². The minimum atomic E-state index is -0.194. The highest BCUT2D eigenvalue weighted by atomic mass is 79.9. The van der Waals surface area contributed by atoms with Gasteiger partial charge in [-0.15, -0.1) is 0 Å². The highest BCUT2D eigenvalue weighted by Gasteiger charge is 2.13. The number of hydrogen-bond donors (Lipinski definition) is 0. The van der Waals surface area contributed by atoms with Crippen molar-refractivity contribution in [2.45, 2.75) is 32.0 Å². The van der Waals surface area contributed by atoms with Crippen molar-refractivity contribution in [2.24, 2.45) is 0 Å². The largest absolute Gasteiger partial charge is 0.237 e. The standard InChI is InChI=1S/C14H16BrFN2/c1-3-10-8-11(4-2)18(17-10)14-7-5-6-13(16)12(14)9-15/h5-8H,3-4,9H2,1-2H3. The number of alkyl halides is 1. The molecule has 0 aliphatic carbocycles. The summed E-state index contributed by atoms with van der Waals surface area (Å²) < 4.78 is 15.6. The predicted molar refractivity (Wildman–Crippen MR) is 74.9 cm³/mol. The molecule has 0 spiro atoms. The van der Waals surface area contributed by atoms with Crippen LogP contribution in [0.3, 0.4) is 0 Å². The normalized spacial score (nSPS) is 10.9. The summed E-state index contributed by atoms with van der Waals surface area (Å²) in [4.78, 5) is 0. The van der Waals surface area contributed by atoms with Crippen molar-refractivity contribution in [1.82, 2.24) is 9.78 Å². The van der Waals surface area contributed by atoms with Crippen LogP contribution in [0.5, 0.6) is 0 Å². The lowest BCUT2D eigenvalue weighted by atomic mass is 10.2. The second kappa shape index (κ2) is 5.65. The van der Waals surface area contributed by atoms with Gasteiger partial charge < -0.3 is 0 Å². The molecule has 1 heterocycles. The summed E-state index contributed by atoms with van der Waals surface area (Å²) in [6, 6.07) is 7.20. The Morgan fingerprint density at radius 2 is 2.06 bits per heavy atom. The summed E-state index contributed by atoms with van der Waals surface area (Å²) in [6.07, 6.45) is 1.77. The third-order valence-corrected chi connectivity index (χ3v) is 3.57. The Bertz CT molecular complexity index is 549. The van der Waals surface area contributed by atoms with Crippen LogP contribution in [0.2, 0.25) is 0 Å². The number of hydrogen-bond acceptors (Lipinski definition) is 1. The number of aryl methyl sites for hydroxylation is 2. The van der Waals surface area contributed by atoms with Gasteiger partial charge in [-0.25, -0.2) is 9.07 Å². The Hall–Kier alpha value is -1.16. The minimum absolute atomic E-state index is 0.194. The molecular formula is C14H16BrFN2. The van der Waals surface area contributed by atoms with Crippen molar-refractivity contribution >= 4 is 15.9 Å². The zero-order valence-electron chi connectivity index (χ0n) is 10.6. The minimum Gasteiger partial charge on any atom is -0.237 e. The molecule has 0 N–H and O–H groups in total. The van der Waals surface area contributed by atoms with Crippen LogP contribution in [0.15, 0.2) is 24.3 Å². The molecule has 18 heavy (non-hydrogen) atoms. The predicted octanol–water partition coefficient (Wildman–Crippen LogP) is 4.03. The molecule has 0 unspecified atom stereocenters. The van der Waals surface area contributed by atoms with Crippen LogP contribution >= 0.6 is 15.9 Å². The first-order valence-corrected chi connectivity index (χ1v) is 7.24. The second-order valence-corrected chi connectivity index (χ2v) is 4.68. The second-order valence-electron chi connectivity index (χ2n) is 4.12. The van der Waals surface area contributed by atoms with Gasteiger partial charge in [0, 0.05) is 16.6 Å². The number of nitrogens with zero attached hydrogens (tertiary/aromatic N) is 2. The molecule has 1 aromatic carbocycles. The number of aromatic nitrogens is 2. The smallest absolute Gasteiger partial charge is 0.129 e. The lowest BCUT2D eigenvalue weighted by molar-refractivity contribution is 0.613. The Balaban J connectivity index is 2.60. The van der Waals surface area contributed by atoms with E-state index in [2.05, 4.69) is 40.9 Å². The monoisotopic (exact) mass is 310 g/mol. The molecule has 0 saturated heterocycles. The molecule has 0 amide bonds. The SMILES string of the molecule is CCc1cc(CC)n(-c2cccc(F)c2CBr)n1. The van der Waals surface area contributed by atoms with Crippen molar-refractivity contribution in [3.63, 3.8) is 0 Å². The van der Waals surface area contributed by atoms with Crippen LogP contribution in [0.1, 0.15) is 30.8 Å². The highest BCUT2D eigenvalue weighted by Crippen LogP contribution is 2.22. The summed E-state index contributed by atoms with van der Waals surface area (Å²) in [5, 5.41) is 5.03. The van der Waals surface area contributed by atoms with Crippen LogP contribution in [0.4, 0.5) is 4.39 Å². The van der Waals surface area contributed by atoms with Gasteiger partial charge in [0.1, 0.15) is 5.82 Å².